The van der Waals surface area contributed by atoms with Crippen molar-refractivity contribution in [1.29, 1.82) is 0 Å². The van der Waals surface area contributed by atoms with Gasteiger partial charge in [-0.2, -0.15) is 8.78 Å². The predicted molar refractivity (Wildman–Crippen MR) is 109 cm³/mol. The second kappa shape index (κ2) is 12.6. The summed E-state index contributed by atoms with van der Waals surface area (Å²) in [5.74, 6) is -0.140. The van der Waals surface area contributed by atoms with Crippen molar-refractivity contribution in [3.8, 4) is 16.9 Å². The zero-order chi connectivity index (χ0) is 21.9. The molecule has 166 valence electrons. The fourth-order valence-corrected chi connectivity index (χ4v) is 3.89. The first kappa shape index (κ1) is 24.2. The Morgan fingerprint density at radius 2 is 1.43 bits per heavy atom. The summed E-state index contributed by atoms with van der Waals surface area (Å²) in [4.78, 5) is 0. The van der Waals surface area contributed by atoms with E-state index in [9.17, 15) is 22.0 Å². The van der Waals surface area contributed by atoms with Crippen molar-refractivity contribution < 1.29 is 26.7 Å². The molecule has 1 aliphatic carbocycles. The monoisotopic (exact) mass is 428 g/mol. The van der Waals surface area contributed by atoms with E-state index in [2.05, 4.69) is 11.7 Å². The Hall–Kier alpha value is -2.11. The molecular weight excluding hydrogens is 399 g/mol. The van der Waals surface area contributed by atoms with Gasteiger partial charge in [0.05, 0.1) is 6.67 Å². The average molecular weight is 428 g/mol. The molecule has 2 aromatic rings. The third kappa shape index (κ3) is 7.96. The molecule has 0 unspecified atom stereocenters. The molecule has 30 heavy (non-hydrogen) atoms. The number of benzene rings is 2. The summed E-state index contributed by atoms with van der Waals surface area (Å²) < 4.78 is 66.0. The van der Waals surface area contributed by atoms with Gasteiger partial charge in [0.2, 0.25) is 0 Å². The fourth-order valence-electron chi connectivity index (χ4n) is 3.89. The van der Waals surface area contributed by atoms with Crippen molar-refractivity contribution in [1.82, 2.24) is 0 Å². The molecule has 0 spiro atoms. The molecule has 0 N–H and O–H groups in total. The van der Waals surface area contributed by atoms with Crippen LogP contribution in [-0.4, -0.2) is 13.3 Å². The molecule has 0 bridgehead atoms. The van der Waals surface area contributed by atoms with E-state index in [0.29, 0.717) is 17.0 Å². The first-order chi connectivity index (χ1) is 14.4. The van der Waals surface area contributed by atoms with Crippen molar-refractivity contribution in [2.75, 3.05) is 6.67 Å². The smallest absolute Gasteiger partial charge is 0.387 e. The van der Waals surface area contributed by atoms with Crippen LogP contribution in [0.5, 0.6) is 5.75 Å². The molecule has 1 aliphatic rings. The van der Waals surface area contributed by atoms with Crippen molar-refractivity contribution in [2.45, 2.75) is 58.5 Å². The van der Waals surface area contributed by atoms with Crippen LogP contribution >= 0.6 is 0 Å². The molecule has 0 radical (unpaired) electrons. The zero-order valence-electron chi connectivity index (χ0n) is 17.2. The Morgan fingerprint density at radius 3 is 1.93 bits per heavy atom. The summed E-state index contributed by atoms with van der Waals surface area (Å²) in [5, 5.41) is 0. The van der Waals surface area contributed by atoms with Gasteiger partial charge in [-0.15, -0.1) is 0 Å². The minimum absolute atomic E-state index is 0.108. The minimum Gasteiger partial charge on any atom is -0.432 e. The molecule has 0 heterocycles. The maximum absolute atomic E-state index is 13.4. The topological polar surface area (TPSA) is 9.23 Å². The van der Waals surface area contributed by atoms with Crippen molar-refractivity contribution in [2.24, 2.45) is 11.8 Å². The maximum atomic E-state index is 13.4. The van der Waals surface area contributed by atoms with Crippen LogP contribution in [0.2, 0.25) is 0 Å². The van der Waals surface area contributed by atoms with Gasteiger partial charge in [0.1, 0.15) is 5.82 Å². The quantitative estimate of drug-likeness (QED) is 0.404. The third-order valence-electron chi connectivity index (χ3n) is 5.51. The summed E-state index contributed by atoms with van der Waals surface area (Å²) in [7, 11) is 0. The molecule has 1 saturated carbocycles. The zero-order valence-corrected chi connectivity index (χ0v) is 17.2. The molecule has 6 heteroatoms. The van der Waals surface area contributed by atoms with E-state index in [4.69, 9.17) is 0 Å². The molecule has 0 atom stereocenters. The lowest BCUT2D eigenvalue weighted by Crippen LogP contribution is -2.14. The predicted octanol–water partition coefficient (Wildman–Crippen LogP) is 8.19. The number of ether oxygens (including phenoxy) is 1. The van der Waals surface area contributed by atoms with Crippen LogP contribution in [0, 0.1) is 23.5 Å². The summed E-state index contributed by atoms with van der Waals surface area (Å²) in [6, 6.07) is 9.00. The summed E-state index contributed by atoms with van der Waals surface area (Å²) in [6.07, 6.45) is 8.82. The third-order valence-corrected chi connectivity index (χ3v) is 5.51. The van der Waals surface area contributed by atoms with Gasteiger partial charge in [-0.25, -0.2) is 8.78 Å². The summed E-state index contributed by atoms with van der Waals surface area (Å²) in [6.45, 7) is -0.923. The molecule has 0 aromatic heterocycles. The van der Waals surface area contributed by atoms with Crippen LogP contribution in [0.3, 0.4) is 0 Å². The molecule has 1 fully saturated rings. The minimum atomic E-state index is -3.07. The van der Waals surface area contributed by atoms with E-state index >= 15 is 0 Å². The van der Waals surface area contributed by atoms with Gasteiger partial charge in [0.25, 0.3) is 0 Å². The van der Waals surface area contributed by atoms with E-state index in [1.54, 1.807) is 0 Å². The summed E-state index contributed by atoms with van der Waals surface area (Å²) >= 11 is 0. The molecular formula is C24H29F5O. The van der Waals surface area contributed by atoms with Crippen molar-refractivity contribution >= 4 is 0 Å². The molecule has 0 amide bonds. The van der Waals surface area contributed by atoms with Crippen LogP contribution in [-0.2, 0) is 0 Å². The second-order valence-electron chi connectivity index (χ2n) is 7.68. The maximum Gasteiger partial charge on any atom is 0.387 e. The van der Waals surface area contributed by atoms with Crippen molar-refractivity contribution in [3.63, 3.8) is 0 Å². The molecule has 0 aliphatic heterocycles. The van der Waals surface area contributed by atoms with Gasteiger partial charge in [0, 0.05) is 0 Å². The van der Waals surface area contributed by atoms with Gasteiger partial charge >= 0.3 is 6.61 Å². The standard InChI is InChI=1S/C13H8F4O.C11H21F/c14-10-4-1-8(2-5-10)9-3-6-12(11(15)7-9)18-13(16)17;1-2-3-10-4-6-11(7-5-10)8-9-12/h1-7,13H;10-11H,2-9H2,1H3. The molecule has 0 saturated heterocycles. The largest absolute Gasteiger partial charge is 0.432 e. The lowest BCUT2D eigenvalue weighted by atomic mass is 9.79. The highest BCUT2D eigenvalue weighted by Crippen LogP contribution is 2.33. The van der Waals surface area contributed by atoms with E-state index in [1.807, 2.05) is 0 Å². The van der Waals surface area contributed by atoms with E-state index in [-0.39, 0.29) is 6.67 Å². The highest BCUT2D eigenvalue weighted by Gasteiger charge is 2.19. The molecule has 2 aromatic carbocycles. The second-order valence-corrected chi connectivity index (χ2v) is 7.68. The lowest BCUT2D eigenvalue weighted by molar-refractivity contribution is -0.0521. The Kier molecular flexibility index (Phi) is 10.1. The van der Waals surface area contributed by atoms with Gasteiger partial charge < -0.3 is 4.74 Å². The number of alkyl halides is 3. The Balaban J connectivity index is 0.000000232. The number of hydrogen-bond donors (Lipinski definition) is 0. The Labute approximate surface area is 175 Å². The van der Waals surface area contributed by atoms with Gasteiger partial charge in [-0.1, -0.05) is 63.6 Å². The molecule has 1 nitrogen and oxygen atoms in total. The van der Waals surface area contributed by atoms with E-state index in [0.717, 1.165) is 24.5 Å². The van der Waals surface area contributed by atoms with Gasteiger partial charge in [-0.05, 0) is 53.6 Å². The summed E-state index contributed by atoms with van der Waals surface area (Å²) in [5.41, 5.74) is 1.04. The van der Waals surface area contributed by atoms with E-state index < -0.39 is 24.0 Å². The first-order valence-electron chi connectivity index (χ1n) is 10.5. The van der Waals surface area contributed by atoms with Gasteiger partial charge in [-0.3, -0.25) is 4.39 Å². The van der Waals surface area contributed by atoms with Crippen molar-refractivity contribution in [3.05, 3.63) is 54.1 Å². The van der Waals surface area contributed by atoms with Crippen LogP contribution in [0.15, 0.2) is 42.5 Å². The Morgan fingerprint density at radius 1 is 0.867 bits per heavy atom. The van der Waals surface area contributed by atoms with E-state index in [1.165, 1.54) is 68.9 Å². The lowest BCUT2D eigenvalue weighted by Gasteiger charge is -2.27. The SMILES string of the molecule is CCCC1CCC(CCF)CC1.Fc1ccc(-c2ccc(OC(F)F)c(F)c2)cc1. The average Bonchev–Trinajstić information content (AvgIpc) is 2.72. The normalized spacial score (nSPS) is 18.6. The number of halogens is 5. The van der Waals surface area contributed by atoms with Crippen LogP contribution in [0.25, 0.3) is 11.1 Å². The number of rotatable bonds is 7. The highest BCUT2D eigenvalue weighted by atomic mass is 19.3. The fraction of sp³-hybridized carbons (Fsp3) is 0.500. The molecule has 3 rings (SSSR count). The van der Waals surface area contributed by atoms with Crippen LogP contribution in [0.4, 0.5) is 22.0 Å². The van der Waals surface area contributed by atoms with Gasteiger partial charge in [0.15, 0.2) is 11.6 Å². The van der Waals surface area contributed by atoms with Crippen LogP contribution in [0.1, 0.15) is 51.9 Å². The Bertz CT molecular complexity index is 726. The van der Waals surface area contributed by atoms with Crippen LogP contribution < -0.4 is 4.74 Å². The number of hydrogen-bond acceptors (Lipinski definition) is 1. The first-order valence-corrected chi connectivity index (χ1v) is 10.5. The highest BCUT2D eigenvalue weighted by molar-refractivity contribution is 5.64.